The van der Waals surface area contributed by atoms with E-state index in [1.165, 1.54) is 0 Å². The van der Waals surface area contributed by atoms with E-state index < -0.39 is 5.91 Å². The monoisotopic (exact) mass is 433 g/mol. The summed E-state index contributed by atoms with van der Waals surface area (Å²) in [6, 6.07) is 13.2. The molecule has 1 aliphatic heterocycles. The van der Waals surface area contributed by atoms with Crippen LogP contribution in [0.4, 0.5) is 11.5 Å². The number of amides is 2. The second kappa shape index (κ2) is 8.74. The van der Waals surface area contributed by atoms with Crippen molar-refractivity contribution in [3.8, 4) is 17.0 Å². The van der Waals surface area contributed by atoms with Crippen molar-refractivity contribution in [3.05, 3.63) is 59.2 Å². The fourth-order valence-corrected chi connectivity index (χ4v) is 4.11. The highest BCUT2D eigenvalue weighted by molar-refractivity contribution is 6.04. The molecule has 0 saturated carbocycles. The molecule has 4 rings (SSSR count). The molecule has 0 saturated heterocycles. The number of carbonyl (C=O) groups is 2. The van der Waals surface area contributed by atoms with Gasteiger partial charge in [-0.05, 0) is 31.0 Å². The van der Waals surface area contributed by atoms with Gasteiger partial charge in [0.05, 0.1) is 13.2 Å². The summed E-state index contributed by atoms with van der Waals surface area (Å²) in [5.41, 5.74) is 10.0. The van der Waals surface area contributed by atoms with Gasteiger partial charge >= 0.3 is 0 Å². The molecule has 2 heterocycles. The number of benzene rings is 2. The van der Waals surface area contributed by atoms with E-state index in [1.54, 1.807) is 7.11 Å². The Morgan fingerprint density at radius 1 is 1.28 bits per heavy atom. The lowest BCUT2D eigenvalue weighted by atomic mass is 9.99. The summed E-state index contributed by atoms with van der Waals surface area (Å²) in [4.78, 5) is 24.5. The summed E-state index contributed by atoms with van der Waals surface area (Å²) in [6.45, 7) is 4.41. The highest BCUT2D eigenvalue weighted by Crippen LogP contribution is 2.39. The van der Waals surface area contributed by atoms with Crippen LogP contribution in [0.3, 0.4) is 0 Å². The molecule has 4 N–H and O–H groups in total. The normalized spacial score (nSPS) is 14.9. The van der Waals surface area contributed by atoms with Gasteiger partial charge in [0, 0.05) is 29.8 Å². The number of methoxy groups -OCH3 is 1. The van der Waals surface area contributed by atoms with Crippen molar-refractivity contribution in [1.82, 2.24) is 9.78 Å². The zero-order chi connectivity index (χ0) is 22.8. The van der Waals surface area contributed by atoms with E-state index >= 15 is 0 Å². The Bertz CT molecular complexity index is 1180. The van der Waals surface area contributed by atoms with Crippen LogP contribution in [0.25, 0.3) is 11.3 Å². The molecule has 8 heteroatoms. The van der Waals surface area contributed by atoms with Gasteiger partial charge < -0.3 is 21.1 Å². The van der Waals surface area contributed by atoms with E-state index in [-0.39, 0.29) is 11.9 Å². The molecule has 0 aliphatic carbocycles. The van der Waals surface area contributed by atoms with Gasteiger partial charge in [-0.15, -0.1) is 0 Å². The second-order valence-corrected chi connectivity index (χ2v) is 7.79. The zero-order valence-corrected chi connectivity index (χ0v) is 18.4. The molecule has 2 aromatic carbocycles. The molecule has 3 aromatic rings. The minimum absolute atomic E-state index is 0.0580. The molecule has 166 valence electrons. The summed E-state index contributed by atoms with van der Waals surface area (Å²) < 4.78 is 7.26. The number of nitrogens with one attached hydrogen (secondary N) is 2. The highest BCUT2D eigenvalue weighted by Gasteiger charge is 2.31. The number of fused-ring (bicyclic) bond motifs is 1. The van der Waals surface area contributed by atoms with Crippen LogP contribution in [0.15, 0.2) is 42.5 Å². The van der Waals surface area contributed by atoms with E-state index in [0.29, 0.717) is 35.8 Å². The molecule has 1 aliphatic rings. The molecule has 0 fully saturated rings. The number of aromatic nitrogens is 2. The number of carbonyl (C=O) groups excluding carboxylic acids is 2. The van der Waals surface area contributed by atoms with E-state index in [4.69, 9.17) is 15.6 Å². The summed E-state index contributed by atoms with van der Waals surface area (Å²) in [5, 5.41) is 11.1. The molecule has 0 bridgehead atoms. The number of primary amides is 1. The third-order valence-electron chi connectivity index (χ3n) is 5.76. The molecule has 1 atom stereocenters. The summed E-state index contributed by atoms with van der Waals surface area (Å²) in [7, 11) is 1.61. The van der Waals surface area contributed by atoms with Crippen LogP contribution in [0, 0.1) is 6.92 Å². The maximum atomic E-state index is 12.5. The predicted molar refractivity (Wildman–Crippen MR) is 124 cm³/mol. The van der Waals surface area contributed by atoms with Gasteiger partial charge in [0.1, 0.15) is 22.8 Å². The van der Waals surface area contributed by atoms with Crippen molar-refractivity contribution in [2.75, 3.05) is 24.3 Å². The second-order valence-electron chi connectivity index (χ2n) is 7.79. The van der Waals surface area contributed by atoms with Crippen molar-refractivity contribution in [1.29, 1.82) is 0 Å². The Balaban J connectivity index is 1.86. The Kier molecular flexibility index (Phi) is 5.85. The first-order valence-electron chi connectivity index (χ1n) is 10.6. The number of hydrogen-bond acceptors (Lipinski definition) is 5. The van der Waals surface area contributed by atoms with E-state index in [9.17, 15) is 9.59 Å². The summed E-state index contributed by atoms with van der Waals surface area (Å²) in [5.74, 6) is 0.680. The molecule has 8 nitrogen and oxygen atoms in total. The predicted octanol–water partition coefficient (Wildman–Crippen LogP) is 3.72. The molecule has 0 spiro atoms. The van der Waals surface area contributed by atoms with Gasteiger partial charge in [-0.2, -0.15) is 5.10 Å². The molecule has 1 aromatic heterocycles. The lowest BCUT2D eigenvalue weighted by Gasteiger charge is -2.28. The van der Waals surface area contributed by atoms with Crippen LogP contribution >= 0.6 is 0 Å². The molecule has 32 heavy (non-hydrogen) atoms. The maximum Gasteiger partial charge on any atom is 0.254 e. The lowest BCUT2D eigenvalue weighted by molar-refractivity contribution is -0.115. The average molecular weight is 434 g/mol. The summed E-state index contributed by atoms with van der Waals surface area (Å²) >= 11 is 0. The van der Waals surface area contributed by atoms with Crippen LogP contribution in [0.5, 0.6) is 5.75 Å². The fraction of sp³-hybridized carbons (Fsp3) is 0.292. The van der Waals surface area contributed by atoms with Crippen molar-refractivity contribution in [3.63, 3.8) is 0 Å². The largest absolute Gasteiger partial charge is 0.496 e. The Labute approximate surface area is 186 Å². The molecular weight excluding hydrogens is 406 g/mol. The highest BCUT2D eigenvalue weighted by atomic mass is 16.5. The summed E-state index contributed by atoms with van der Waals surface area (Å²) in [6.07, 6.45) is 1.13. The van der Waals surface area contributed by atoms with Gasteiger partial charge in [0.15, 0.2) is 0 Å². The molecule has 2 amide bonds. The standard InChI is InChI=1S/C24H27N5O3/c1-4-20(30)27-17-8-6-5-7-16(17)18-11-12-26-24-21(23(25)31)22(28-29(18)24)15-10-9-14(2)19(13-15)32-3/h5-10,13,18,26H,4,11-12H2,1-3H3,(H2,25,31)(H,27,30)/t18-/m1/s1. The first-order chi connectivity index (χ1) is 15.4. The van der Waals surface area contributed by atoms with Gasteiger partial charge in [-0.3, -0.25) is 9.59 Å². The minimum atomic E-state index is -0.554. The van der Waals surface area contributed by atoms with Crippen LogP contribution < -0.4 is 21.1 Å². The lowest BCUT2D eigenvalue weighted by Crippen LogP contribution is -2.27. The third-order valence-corrected chi connectivity index (χ3v) is 5.76. The number of ether oxygens (including phenoxy) is 1. The van der Waals surface area contributed by atoms with Crippen molar-refractivity contribution < 1.29 is 14.3 Å². The van der Waals surface area contributed by atoms with Crippen LogP contribution in [0.1, 0.15) is 47.3 Å². The van der Waals surface area contributed by atoms with Gasteiger partial charge in [0.25, 0.3) is 5.91 Å². The van der Waals surface area contributed by atoms with Crippen LogP contribution in [-0.4, -0.2) is 35.2 Å². The maximum absolute atomic E-state index is 12.5. The van der Waals surface area contributed by atoms with Crippen LogP contribution in [0.2, 0.25) is 0 Å². The van der Waals surface area contributed by atoms with Crippen molar-refractivity contribution in [2.45, 2.75) is 32.7 Å². The number of hydrogen-bond donors (Lipinski definition) is 3. The van der Waals surface area contributed by atoms with E-state index in [0.717, 1.165) is 28.8 Å². The smallest absolute Gasteiger partial charge is 0.254 e. The quantitative estimate of drug-likeness (QED) is 0.549. The molecule has 0 radical (unpaired) electrons. The zero-order valence-electron chi connectivity index (χ0n) is 18.4. The average Bonchev–Trinajstić information content (AvgIpc) is 3.20. The van der Waals surface area contributed by atoms with E-state index in [1.807, 2.05) is 61.0 Å². The SMILES string of the molecule is CCC(=O)Nc1ccccc1[C@H]1CCNc2c(C(N)=O)c(-c3ccc(C)c(OC)c3)nn21. The number of aryl methyl sites for hydroxylation is 1. The topological polar surface area (TPSA) is 111 Å². The number of rotatable bonds is 6. The Hall–Kier alpha value is -3.81. The molecular formula is C24H27N5O3. The van der Waals surface area contributed by atoms with E-state index in [2.05, 4.69) is 10.6 Å². The van der Waals surface area contributed by atoms with Gasteiger partial charge in [-0.25, -0.2) is 4.68 Å². The number of para-hydroxylation sites is 1. The fourth-order valence-electron chi connectivity index (χ4n) is 4.11. The van der Waals surface area contributed by atoms with Crippen molar-refractivity contribution in [2.24, 2.45) is 5.73 Å². The van der Waals surface area contributed by atoms with Gasteiger partial charge in [-0.1, -0.05) is 37.3 Å². The van der Waals surface area contributed by atoms with Crippen LogP contribution in [-0.2, 0) is 4.79 Å². The molecule has 0 unspecified atom stereocenters. The third kappa shape index (κ3) is 3.79. The van der Waals surface area contributed by atoms with Crippen molar-refractivity contribution >= 4 is 23.3 Å². The Morgan fingerprint density at radius 3 is 2.78 bits per heavy atom. The van der Waals surface area contributed by atoms with Gasteiger partial charge in [0.2, 0.25) is 5.91 Å². The first kappa shape index (κ1) is 21.4. The Morgan fingerprint density at radius 2 is 2.06 bits per heavy atom. The number of anilines is 2. The first-order valence-corrected chi connectivity index (χ1v) is 10.6. The number of nitrogens with two attached hydrogens (primary N) is 1. The number of nitrogens with zero attached hydrogens (tertiary/aromatic N) is 2. The minimum Gasteiger partial charge on any atom is -0.496 e.